The summed E-state index contributed by atoms with van der Waals surface area (Å²) in [6.07, 6.45) is 1.33. The zero-order valence-corrected chi connectivity index (χ0v) is 15.8. The molecule has 9 nitrogen and oxygen atoms in total. The number of halogens is 1. The first-order valence-corrected chi connectivity index (χ1v) is 9.11. The van der Waals surface area contributed by atoms with Gasteiger partial charge in [0.1, 0.15) is 0 Å². The van der Waals surface area contributed by atoms with Crippen molar-refractivity contribution in [2.24, 2.45) is 0 Å². The first-order valence-electron chi connectivity index (χ1n) is 9.11. The summed E-state index contributed by atoms with van der Waals surface area (Å²) in [7, 11) is 0. The summed E-state index contributed by atoms with van der Waals surface area (Å²) in [5.74, 6) is -2.42. The van der Waals surface area contributed by atoms with E-state index >= 15 is 0 Å². The monoisotopic (exact) mass is 415 g/mol. The summed E-state index contributed by atoms with van der Waals surface area (Å²) < 4.78 is 18.3. The van der Waals surface area contributed by atoms with E-state index in [1.165, 1.54) is 6.07 Å². The Bertz CT molecular complexity index is 1010. The van der Waals surface area contributed by atoms with Crippen LogP contribution in [0.5, 0.6) is 0 Å². The van der Waals surface area contributed by atoms with Crippen LogP contribution in [0, 0.1) is 15.9 Å². The molecule has 1 aliphatic heterocycles. The lowest BCUT2D eigenvalue weighted by molar-refractivity contribution is -0.387. The highest BCUT2D eigenvalue weighted by Crippen LogP contribution is 2.21. The topological polar surface area (TPSA) is 119 Å². The van der Waals surface area contributed by atoms with Crippen LogP contribution in [0.1, 0.15) is 28.8 Å². The number of nitrogens with zero attached hydrogens (tertiary/aromatic N) is 2. The number of hydrogen-bond donors (Lipinski definition) is 1. The van der Waals surface area contributed by atoms with Crippen molar-refractivity contribution in [3.63, 3.8) is 0 Å². The molecule has 10 heteroatoms. The lowest BCUT2D eigenvalue weighted by Crippen LogP contribution is -2.24. The van der Waals surface area contributed by atoms with Gasteiger partial charge in [-0.2, -0.15) is 4.39 Å². The molecule has 30 heavy (non-hydrogen) atoms. The van der Waals surface area contributed by atoms with Crippen LogP contribution >= 0.6 is 0 Å². The number of esters is 1. The summed E-state index contributed by atoms with van der Waals surface area (Å²) in [6, 6.07) is 9.45. The summed E-state index contributed by atoms with van der Waals surface area (Å²) in [4.78, 5) is 47.5. The number of nitro groups is 1. The van der Waals surface area contributed by atoms with Crippen LogP contribution < -0.4 is 5.32 Å². The molecule has 1 fully saturated rings. The number of nitrogens with one attached hydrogen (secondary N) is 1. The number of ether oxygens (including phenoxy) is 1. The van der Waals surface area contributed by atoms with Gasteiger partial charge in [-0.05, 0) is 36.2 Å². The molecule has 3 rings (SSSR count). The van der Waals surface area contributed by atoms with Crippen LogP contribution in [0.3, 0.4) is 0 Å². The van der Waals surface area contributed by atoms with E-state index in [1.807, 2.05) is 0 Å². The standard InChI is InChI=1S/C20H18FN3O6/c21-16-7-6-15(10-17(16)24(28)29)22-18(25)12-30-20(27)14-4-1-3-13(9-14)11-23-8-2-5-19(23)26/h1,3-4,6-7,9-10H,2,5,8,11-12H2,(H,22,25). The highest BCUT2D eigenvalue weighted by atomic mass is 19.1. The molecule has 0 saturated carbocycles. The normalized spacial score (nSPS) is 13.2. The molecule has 1 saturated heterocycles. The van der Waals surface area contributed by atoms with Crippen molar-refractivity contribution in [3.8, 4) is 0 Å². The molecule has 0 spiro atoms. The second-order valence-electron chi connectivity index (χ2n) is 6.67. The van der Waals surface area contributed by atoms with Crippen LogP contribution in [-0.2, 0) is 20.9 Å². The van der Waals surface area contributed by atoms with E-state index in [1.54, 1.807) is 23.1 Å². The van der Waals surface area contributed by atoms with E-state index < -0.39 is 34.9 Å². The van der Waals surface area contributed by atoms with Crippen LogP contribution in [0.2, 0.25) is 0 Å². The largest absolute Gasteiger partial charge is 0.452 e. The number of nitro benzene ring substituents is 1. The highest BCUT2D eigenvalue weighted by Gasteiger charge is 2.21. The molecule has 0 unspecified atom stereocenters. The van der Waals surface area contributed by atoms with Gasteiger partial charge in [-0.15, -0.1) is 0 Å². The molecular weight excluding hydrogens is 397 g/mol. The number of likely N-dealkylation sites (tertiary alicyclic amines) is 1. The van der Waals surface area contributed by atoms with Gasteiger partial charge in [-0.3, -0.25) is 19.7 Å². The zero-order chi connectivity index (χ0) is 21.7. The fourth-order valence-corrected chi connectivity index (χ4v) is 3.03. The molecule has 1 N–H and O–H groups in total. The number of hydrogen-bond acceptors (Lipinski definition) is 6. The van der Waals surface area contributed by atoms with Crippen LogP contribution in [-0.4, -0.2) is 40.8 Å². The number of benzene rings is 2. The lowest BCUT2D eigenvalue weighted by Gasteiger charge is -2.15. The summed E-state index contributed by atoms with van der Waals surface area (Å²) >= 11 is 0. The van der Waals surface area contributed by atoms with Gasteiger partial charge in [-0.25, -0.2) is 4.79 Å². The minimum Gasteiger partial charge on any atom is -0.452 e. The number of carbonyl (C=O) groups is 3. The van der Waals surface area contributed by atoms with Crippen molar-refractivity contribution in [1.82, 2.24) is 4.90 Å². The average Bonchev–Trinajstić information content (AvgIpc) is 3.12. The highest BCUT2D eigenvalue weighted by molar-refractivity contribution is 5.95. The number of rotatable bonds is 7. The van der Waals surface area contributed by atoms with E-state index in [0.717, 1.165) is 30.2 Å². The third-order valence-electron chi connectivity index (χ3n) is 4.47. The van der Waals surface area contributed by atoms with Crippen molar-refractivity contribution in [1.29, 1.82) is 0 Å². The first-order chi connectivity index (χ1) is 14.3. The third-order valence-corrected chi connectivity index (χ3v) is 4.47. The third kappa shape index (κ3) is 5.16. The molecule has 2 amide bonds. The molecular formula is C20H18FN3O6. The molecule has 0 radical (unpaired) electrons. The van der Waals surface area contributed by atoms with E-state index in [4.69, 9.17) is 4.74 Å². The van der Waals surface area contributed by atoms with E-state index in [2.05, 4.69) is 5.32 Å². The Morgan fingerprint density at radius 2 is 2.03 bits per heavy atom. The van der Waals surface area contributed by atoms with Crippen LogP contribution in [0.25, 0.3) is 0 Å². The predicted octanol–water partition coefficient (Wildman–Crippen LogP) is 2.65. The van der Waals surface area contributed by atoms with Gasteiger partial charge in [0, 0.05) is 31.3 Å². The summed E-state index contributed by atoms with van der Waals surface area (Å²) in [5, 5.41) is 13.1. The second kappa shape index (κ2) is 9.12. The maximum absolute atomic E-state index is 13.3. The van der Waals surface area contributed by atoms with Gasteiger partial charge >= 0.3 is 11.7 Å². The number of anilines is 1. The van der Waals surface area contributed by atoms with Crippen molar-refractivity contribution < 1.29 is 28.4 Å². The van der Waals surface area contributed by atoms with Crippen molar-refractivity contribution in [3.05, 3.63) is 69.5 Å². The smallest absolute Gasteiger partial charge is 0.338 e. The minimum atomic E-state index is -1.03. The second-order valence-corrected chi connectivity index (χ2v) is 6.67. The predicted molar refractivity (Wildman–Crippen MR) is 103 cm³/mol. The van der Waals surface area contributed by atoms with Crippen molar-refractivity contribution in [2.75, 3.05) is 18.5 Å². The van der Waals surface area contributed by atoms with Gasteiger partial charge in [0.15, 0.2) is 6.61 Å². The zero-order valence-electron chi connectivity index (χ0n) is 15.8. The Morgan fingerprint density at radius 1 is 1.23 bits per heavy atom. The molecule has 0 atom stereocenters. The maximum Gasteiger partial charge on any atom is 0.338 e. The fraction of sp³-hybridized carbons (Fsp3) is 0.250. The molecule has 0 bridgehead atoms. The quantitative estimate of drug-likeness (QED) is 0.422. The fourth-order valence-electron chi connectivity index (χ4n) is 3.03. The van der Waals surface area contributed by atoms with Gasteiger partial charge in [0.2, 0.25) is 11.7 Å². The Balaban J connectivity index is 1.56. The van der Waals surface area contributed by atoms with E-state index in [9.17, 15) is 28.9 Å². The molecule has 2 aromatic carbocycles. The Morgan fingerprint density at radius 3 is 2.73 bits per heavy atom. The van der Waals surface area contributed by atoms with Crippen molar-refractivity contribution >= 4 is 29.2 Å². The minimum absolute atomic E-state index is 0.00132. The number of carbonyl (C=O) groups excluding carboxylic acids is 3. The van der Waals surface area contributed by atoms with Gasteiger partial charge in [0.05, 0.1) is 10.5 Å². The van der Waals surface area contributed by atoms with E-state index in [0.29, 0.717) is 19.5 Å². The van der Waals surface area contributed by atoms with Gasteiger partial charge in [0.25, 0.3) is 5.91 Å². The van der Waals surface area contributed by atoms with Crippen LogP contribution in [0.4, 0.5) is 15.8 Å². The van der Waals surface area contributed by atoms with Crippen molar-refractivity contribution in [2.45, 2.75) is 19.4 Å². The van der Waals surface area contributed by atoms with E-state index in [-0.39, 0.29) is 17.2 Å². The summed E-state index contributed by atoms with van der Waals surface area (Å²) in [6.45, 7) is 0.442. The van der Waals surface area contributed by atoms with Crippen LogP contribution in [0.15, 0.2) is 42.5 Å². The Kier molecular flexibility index (Phi) is 6.35. The van der Waals surface area contributed by atoms with Gasteiger partial charge < -0.3 is 15.0 Å². The first kappa shape index (κ1) is 20.9. The Labute approximate surface area is 170 Å². The maximum atomic E-state index is 13.3. The molecule has 1 heterocycles. The SMILES string of the molecule is O=C(COC(=O)c1cccc(CN2CCCC2=O)c1)Nc1ccc(F)c([N+](=O)[O-])c1. The Hall–Kier alpha value is -3.82. The van der Waals surface area contributed by atoms with Gasteiger partial charge in [-0.1, -0.05) is 12.1 Å². The molecule has 1 aliphatic rings. The molecule has 156 valence electrons. The summed E-state index contributed by atoms with van der Waals surface area (Å²) in [5.41, 5.74) is 0.214. The number of amides is 2. The average molecular weight is 415 g/mol. The molecule has 0 aliphatic carbocycles. The molecule has 0 aromatic heterocycles. The lowest BCUT2D eigenvalue weighted by atomic mass is 10.1. The molecule has 2 aromatic rings.